The molecule has 4 nitrogen and oxygen atoms in total. The van der Waals surface area contributed by atoms with Crippen molar-refractivity contribution in [3.05, 3.63) is 89.1 Å². The van der Waals surface area contributed by atoms with E-state index in [0.29, 0.717) is 11.3 Å². The fourth-order valence-electron chi connectivity index (χ4n) is 5.38. The van der Waals surface area contributed by atoms with Gasteiger partial charge in [-0.15, -0.1) is 0 Å². The number of hydrogen-bond donors (Lipinski definition) is 3. The van der Waals surface area contributed by atoms with Gasteiger partial charge in [-0.2, -0.15) is 13.2 Å². The second-order valence-electron chi connectivity index (χ2n) is 9.15. The van der Waals surface area contributed by atoms with Crippen LogP contribution in [0.2, 0.25) is 0 Å². The number of hydrogen-bond acceptors (Lipinski definition) is 2. The van der Waals surface area contributed by atoms with Crippen LogP contribution in [0.1, 0.15) is 35.7 Å². The zero-order chi connectivity index (χ0) is 23.7. The SMILES string of the molecule is CC1CCc2c([nH]c3ccccc23)C2(N1)C(=O)Nc1ccc(-c3ccc(C(F)(F)F)cc3)cc12. The lowest BCUT2D eigenvalue weighted by atomic mass is 9.84. The summed E-state index contributed by atoms with van der Waals surface area (Å²) in [6.07, 6.45) is -2.68. The second kappa shape index (κ2) is 7.21. The molecular weight excluding hydrogens is 439 g/mol. The van der Waals surface area contributed by atoms with Gasteiger partial charge in [0.15, 0.2) is 5.54 Å². The van der Waals surface area contributed by atoms with E-state index in [-0.39, 0.29) is 11.9 Å². The third-order valence-corrected chi connectivity index (χ3v) is 7.04. The second-order valence-corrected chi connectivity index (χ2v) is 9.15. The summed E-state index contributed by atoms with van der Waals surface area (Å²) in [5, 5.41) is 7.73. The zero-order valence-electron chi connectivity index (χ0n) is 18.4. The number of rotatable bonds is 1. The lowest BCUT2D eigenvalue weighted by Gasteiger charge is -2.30. The van der Waals surface area contributed by atoms with Crippen LogP contribution >= 0.6 is 0 Å². The molecule has 0 saturated carbocycles. The number of carbonyl (C=O) groups excluding carboxylic acids is 1. The van der Waals surface area contributed by atoms with Gasteiger partial charge in [0, 0.05) is 28.2 Å². The first kappa shape index (κ1) is 21.0. The molecule has 3 aromatic carbocycles. The van der Waals surface area contributed by atoms with Gasteiger partial charge in [0.1, 0.15) is 0 Å². The Bertz CT molecular complexity index is 1440. The number of fused-ring (bicyclic) bond motifs is 6. The number of aryl methyl sites for hydroxylation is 1. The van der Waals surface area contributed by atoms with Crippen molar-refractivity contribution in [1.82, 2.24) is 10.3 Å². The molecule has 0 fully saturated rings. The number of carbonyl (C=O) groups is 1. The first-order chi connectivity index (χ1) is 16.3. The molecule has 0 bridgehead atoms. The molecule has 1 spiro atoms. The minimum absolute atomic E-state index is 0.0750. The third kappa shape index (κ3) is 3.00. The maximum Gasteiger partial charge on any atom is 0.416 e. The highest BCUT2D eigenvalue weighted by Gasteiger charge is 2.52. The fourth-order valence-corrected chi connectivity index (χ4v) is 5.38. The van der Waals surface area contributed by atoms with Gasteiger partial charge in [0.2, 0.25) is 0 Å². The first-order valence-corrected chi connectivity index (χ1v) is 11.3. The molecule has 2 atom stereocenters. The van der Waals surface area contributed by atoms with Crippen molar-refractivity contribution in [2.45, 2.75) is 37.5 Å². The van der Waals surface area contributed by atoms with E-state index in [1.807, 2.05) is 36.4 Å². The number of para-hydroxylation sites is 1. The van der Waals surface area contributed by atoms with E-state index in [1.54, 1.807) is 0 Å². The molecule has 6 rings (SSSR count). The van der Waals surface area contributed by atoms with Gasteiger partial charge in [0.25, 0.3) is 5.91 Å². The number of anilines is 1. The minimum atomic E-state index is -4.39. The van der Waals surface area contributed by atoms with Crippen molar-refractivity contribution in [3.63, 3.8) is 0 Å². The van der Waals surface area contributed by atoms with E-state index in [4.69, 9.17) is 0 Å². The average molecular weight is 461 g/mol. The number of nitrogens with one attached hydrogen (secondary N) is 3. The van der Waals surface area contributed by atoms with Gasteiger partial charge in [0.05, 0.1) is 11.3 Å². The number of H-pyrrole nitrogens is 1. The lowest BCUT2D eigenvalue weighted by Crippen LogP contribution is -2.52. The van der Waals surface area contributed by atoms with Crippen LogP contribution in [0.4, 0.5) is 18.9 Å². The van der Waals surface area contributed by atoms with Crippen LogP contribution in [0.15, 0.2) is 66.7 Å². The van der Waals surface area contributed by atoms with E-state index >= 15 is 0 Å². The van der Waals surface area contributed by atoms with Gasteiger partial charge in [-0.1, -0.05) is 36.4 Å². The molecule has 0 saturated heterocycles. The normalized spacial score (nSPS) is 21.9. The largest absolute Gasteiger partial charge is 0.416 e. The Balaban J connectivity index is 1.54. The lowest BCUT2D eigenvalue weighted by molar-refractivity contribution is -0.137. The zero-order valence-corrected chi connectivity index (χ0v) is 18.4. The quantitative estimate of drug-likeness (QED) is 0.327. The smallest absolute Gasteiger partial charge is 0.356 e. The van der Waals surface area contributed by atoms with Crippen LogP contribution in [0.25, 0.3) is 22.0 Å². The van der Waals surface area contributed by atoms with Gasteiger partial charge in [-0.05, 0) is 66.8 Å². The van der Waals surface area contributed by atoms with E-state index in [9.17, 15) is 18.0 Å². The van der Waals surface area contributed by atoms with Crippen LogP contribution in [0, 0.1) is 0 Å². The Morgan fingerprint density at radius 2 is 1.71 bits per heavy atom. The Hall–Kier alpha value is -3.58. The van der Waals surface area contributed by atoms with Crippen molar-refractivity contribution in [3.8, 4) is 11.1 Å². The number of aromatic nitrogens is 1. The van der Waals surface area contributed by atoms with Crippen LogP contribution in [0.3, 0.4) is 0 Å². The van der Waals surface area contributed by atoms with Gasteiger partial charge in [-0.25, -0.2) is 0 Å². The van der Waals surface area contributed by atoms with Crippen LogP contribution in [0.5, 0.6) is 0 Å². The molecule has 3 N–H and O–H groups in total. The summed E-state index contributed by atoms with van der Waals surface area (Å²) in [5.74, 6) is -0.159. The van der Waals surface area contributed by atoms with Gasteiger partial charge in [-0.3, -0.25) is 10.1 Å². The maximum atomic E-state index is 13.6. The molecular formula is C27H22F3N3O. The molecule has 4 aromatic rings. The maximum absolute atomic E-state index is 13.6. The standard InChI is InChI=1S/C27H22F3N3O/c1-15-6-12-20-19-4-2-3-5-22(19)31-24(20)26(33-15)21-14-17(9-13-23(21)32-25(26)34)16-7-10-18(11-8-16)27(28,29)30/h2-5,7-11,13-15,31,33H,6,12H2,1H3,(H,32,34). The van der Waals surface area contributed by atoms with Crippen LogP contribution in [-0.4, -0.2) is 16.9 Å². The van der Waals surface area contributed by atoms with Crippen molar-refractivity contribution in [2.75, 3.05) is 5.32 Å². The topological polar surface area (TPSA) is 56.9 Å². The summed E-state index contributed by atoms with van der Waals surface area (Å²) in [5.41, 5.74) is 4.01. The van der Waals surface area contributed by atoms with E-state index in [2.05, 4.69) is 28.6 Å². The highest BCUT2D eigenvalue weighted by atomic mass is 19.4. The molecule has 3 heterocycles. The predicted molar refractivity (Wildman–Crippen MR) is 126 cm³/mol. The summed E-state index contributed by atoms with van der Waals surface area (Å²) in [7, 11) is 0. The Morgan fingerprint density at radius 1 is 0.971 bits per heavy atom. The molecule has 172 valence electrons. The average Bonchev–Trinajstić information content (AvgIpc) is 3.27. The van der Waals surface area contributed by atoms with E-state index < -0.39 is 17.3 Å². The van der Waals surface area contributed by atoms with Crippen molar-refractivity contribution in [2.24, 2.45) is 0 Å². The highest BCUT2D eigenvalue weighted by Crippen LogP contribution is 2.46. The molecule has 1 aromatic heterocycles. The van der Waals surface area contributed by atoms with Gasteiger partial charge < -0.3 is 10.3 Å². The molecule has 34 heavy (non-hydrogen) atoms. The first-order valence-electron chi connectivity index (χ1n) is 11.3. The minimum Gasteiger partial charge on any atom is -0.356 e. The third-order valence-electron chi connectivity index (χ3n) is 7.04. The molecule has 7 heteroatoms. The Morgan fingerprint density at radius 3 is 2.47 bits per heavy atom. The summed E-state index contributed by atoms with van der Waals surface area (Å²) in [6, 6.07) is 18.8. The predicted octanol–water partition coefficient (Wildman–Crippen LogP) is 5.97. The summed E-state index contributed by atoms with van der Waals surface area (Å²) in [4.78, 5) is 17.1. The molecule has 2 unspecified atom stereocenters. The Labute approximate surface area is 194 Å². The van der Waals surface area contributed by atoms with Crippen molar-refractivity contribution >= 4 is 22.5 Å². The molecule has 0 radical (unpaired) electrons. The highest BCUT2D eigenvalue weighted by molar-refractivity contribution is 6.09. The number of benzene rings is 3. The molecule has 2 aliphatic heterocycles. The number of alkyl halides is 3. The van der Waals surface area contributed by atoms with E-state index in [0.717, 1.165) is 58.3 Å². The Kier molecular flexibility index (Phi) is 4.45. The van der Waals surface area contributed by atoms with Crippen LogP contribution in [-0.2, 0) is 22.9 Å². The molecule has 2 aliphatic rings. The summed E-state index contributed by atoms with van der Waals surface area (Å²) in [6.45, 7) is 2.07. The van der Waals surface area contributed by atoms with Gasteiger partial charge >= 0.3 is 6.18 Å². The number of halogens is 3. The summed E-state index contributed by atoms with van der Waals surface area (Å²) < 4.78 is 39.1. The monoisotopic (exact) mass is 461 g/mol. The number of aromatic amines is 1. The number of amides is 1. The van der Waals surface area contributed by atoms with Crippen molar-refractivity contribution in [1.29, 1.82) is 0 Å². The summed E-state index contributed by atoms with van der Waals surface area (Å²) >= 11 is 0. The molecule has 0 aliphatic carbocycles. The van der Waals surface area contributed by atoms with Crippen molar-refractivity contribution < 1.29 is 18.0 Å². The van der Waals surface area contributed by atoms with Crippen LogP contribution < -0.4 is 10.6 Å². The van der Waals surface area contributed by atoms with E-state index in [1.165, 1.54) is 12.1 Å². The molecule has 1 amide bonds. The fraction of sp³-hybridized carbons (Fsp3) is 0.222.